The van der Waals surface area contributed by atoms with Gasteiger partial charge in [0.05, 0.1) is 24.9 Å². The van der Waals surface area contributed by atoms with Gasteiger partial charge >= 0.3 is 5.97 Å². The summed E-state index contributed by atoms with van der Waals surface area (Å²) in [5.74, 6) is 0.184. The molecule has 116 valence electrons. The zero-order valence-corrected chi connectivity index (χ0v) is 12.4. The molecule has 6 heteroatoms. The number of benzene rings is 1. The highest BCUT2D eigenvalue weighted by atomic mass is 16.5. The highest BCUT2D eigenvalue weighted by Crippen LogP contribution is 2.36. The van der Waals surface area contributed by atoms with Crippen LogP contribution in [0.5, 0.6) is 5.75 Å². The summed E-state index contributed by atoms with van der Waals surface area (Å²) in [5, 5.41) is 2.83. The number of aromatic amines is 1. The molecule has 1 amide bonds. The van der Waals surface area contributed by atoms with Gasteiger partial charge in [0.15, 0.2) is 0 Å². The molecule has 0 bridgehead atoms. The molecule has 0 fully saturated rings. The van der Waals surface area contributed by atoms with Crippen molar-refractivity contribution in [1.29, 1.82) is 0 Å². The summed E-state index contributed by atoms with van der Waals surface area (Å²) in [6, 6.07) is 5.44. The maximum absolute atomic E-state index is 12.3. The van der Waals surface area contributed by atoms with Gasteiger partial charge < -0.3 is 19.8 Å². The standard InChI is InChI=1S/C17H14N2O4/c1-22-9-2-3-14-11(6-9)12(16(20)19-14)7-15-10-4-5-23-17(21)13(10)8-18-15/h2-3,6-8,18H,4-5H2,1H3,(H,19,20)/b12-7-. The Bertz CT molecular complexity index is 863. The molecule has 0 radical (unpaired) electrons. The summed E-state index contributed by atoms with van der Waals surface area (Å²) in [7, 11) is 1.59. The third kappa shape index (κ3) is 2.11. The Morgan fingerprint density at radius 1 is 1.26 bits per heavy atom. The Kier molecular flexibility index (Phi) is 2.97. The quantitative estimate of drug-likeness (QED) is 0.658. The number of ether oxygens (including phenoxy) is 2. The number of carbonyl (C=O) groups excluding carboxylic acids is 2. The van der Waals surface area contributed by atoms with Crippen LogP contribution in [-0.4, -0.2) is 30.6 Å². The predicted octanol–water partition coefficient (Wildman–Crippen LogP) is 2.23. The topological polar surface area (TPSA) is 80.4 Å². The molecule has 1 aromatic carbocycles. The minimum Gasteiger partial charge on any atom is -0.497 e. The molecule has 0 saturated carbocycles. The van der Waals surface area contributed by atoms with Gasteiger partial charge in [0.1, 0.15) is 5.75 Å². The lowest BCUT2D eigenvalue weighted by Gasteiger charge is -2.12. The zero-order chi connectivity index (χ0) is 16.0. The average molecular weight is 310 g/mol. The van der Waals surface area contributed by atoms with Gasteiger partial charge in [-0.05, 0) is 29.8 Å². The number of hydrogen-bond acceptors (Lipinski definition) is 4. The van der Waals surface area contributed by atoms with E-state index in [1.54, 1.807) is 25.4 Å². The number of nitrogens with one attached hydrogen (secondary N) is 2. The Morgan fingerprint density at radius 3 is 2.96 bits per heavy atom. The molecule has 0 aliphatic carbocycles. The van der Waals surface area contributed by atoms with Crippen molar-refractivity contribution < 1.29 is 19.1 Å². The third-order valence-electron chi connectivity index (χ3n) is 4.13. The lowest BCUT2D eigenvalue weighted by atomic mass is 10.0. The molecule has 2 aromatic rings. The Morgan fingerprint density at radius 2 is 2.13 bits per heavy atom. The van der Waals surface area contributed by atoms with Gasteiger partial charge in [-0.25, -0.2) is 4.79 Å². The molecule has 6 nitrogen and oxygen atoms in total. The summed E-state index contributed by atoms with van der Waals surface area (Å²) in [6.45, 7) is 0.358. The number of carbonyl (C=O) groups is 2. The number of anilines is 1. The lowest BCUT2D eigenvalue weighted by molar-refractivity contribution is -0.110. The highest BCUT2D eigenvalue weighted by Gasteiger charge is 2.27. The van der Waals surface area contributed by atoms with Crippen molar-refractivity contribution in [3.63, 3.8) is 0 Å². The second-order valence-corrected chi connectivity index (χ2v) is 5.40. The van der Waals surface area contributed by atoms with E-state index in [9.17, 15) is 9.59 Å². The Balaban J connectivity index is 1.81. The molecule has 2 aliphatic rings. The van der Waals surface area contributed by atoms with Gasteiger partial charge in [-0.15, -0.1) is 0 Å². The normalized spacial score (nSPS) is 17.5. The van der Waals surface area contributed by atoms with E-state index in [1.165, 1.54) is 0 Å². The van der Waals surface area contributed by atoms with E-state index < -0.39 is 0 Å². The van der Waals surface area contributed by atoms with Crippen LogP contribution in [0.2, 0.25) is 0 Å². The van der Waals surface area contributed by atoms with E-state index in [4.69, 9.17) is 9.47 Å². The molecule has 1 aromatic heterocycles. The molecule has 23 heavy (non-hydrogen) atoms. The molecular formula is C17H14N2O4. The first-order valence-electron chi connectivity index (χ1n) is 7.26. The monoisotopic (exact) mass is 310 g/mol. The van der Waals surface area contributed by atoms with Gasteiger partial charge in [-0.1, -0.05) is 0 Å². The van der Waals surface area contributed by atoms with Crippen molar-refractivity contribution in [2.45, 2.75) is 6.42 Å². The predicted molar refractivity (Wildman–Crippen MR) is 84.3 cm³/mol. The van der Waals surface area contributed by atoms with Crippen LogP contribution in [-0.2, 0) is 16.0 Å². The van der Waals surface area contributed by atoms with Crippen molar-refractivity contribution in [1.82, 2.24) is 4.98 Å². The van der Waals surface area contributed by atoms with Crippen LogP contribution in [0, 0.1) is 0 Å². The highest BCUT2D eigenvalue weighted by molar-refractivity contribution is 6.35. The molecule has 0 saturated heterocycles. The number of amides is 1. The van der Waals surface area contributed by atoms with Crippen molar-refractivity contribution in [2.24, 2.45) is 0 Å². The number of aromatic nitrogens is 1. The molecule has 0 atom stereocenters. The first-order valence-corrected chi connectivity index (χ1v) is 7.26. The maximum atomic E-state index is 12.3. The number of esters is 1. The Labute approximate surface area is 132 Å². The Hall–Kier alpha value is -3.02. The van der Waals surface area contributed by atoms with Crippen LogP contribution < -0.4 is 10.1 Å². The van der Waals surface area contributed by atoms with Gasteiger partial charge in [0.2, 0.25) is 0 Å². The molecule has 0 spiro atoms. The molecule has 3 heterocycles. The van der Waals surface area contributed by atoms with Crippen molar-refractivity contribution >= 4 is 29.2 Å². The summed E-state index contributed by atoms with van der Waals surface area (Å²) in [4.78, 5) is 27.1. The largest absolute Gasteiger partial charge is 0.497 e. The number of rotatable bonds is 2. The number of fused-ring (bicyclic) bond motifs is 2. The number of H-pyrrole nitrogens is 1. The van der Waals surface area contributed by atoms with E-state index in [-0.39, 0.29) is 11.9 Å². The first-order chi connectivity index (χ1) is 11.2. The SMILES string of the molecule is COc1ccc2c(c1)/C(=C/c1[nH]cc3c1CCOC3=O)C(=O)N2. The van der Waals surface area contributed by atoms with E-state index in [0.717, 1.165) is 22.5 Å². The van der Waals surface area contributed by atoms with Crippen LogP contribution >= 0.6 is 0 Å². The van der Waals surface area contributed by atoms with Crippen LogP contribution in [0.1, 0.15) is 27.2 Å². The van der Waals surface area contributed by atoms with Gasteiger partial charge in [0, 0.05) is 29.6 Å². The van der Waals surface area contributed by atoms with E-state index >= 15 is 0 Å². The number of methoxy groups -OCH3 is 1. The fourth-order valence-corrected chi connectivity index (χ4v) is 2.95. The van der Waals surface area contributed by atoms with Crippen molar-refractivity contribution in [2.75, 3.05) is 19.0 Å². The fraction of sp³-hybridized carbons (Fsp3) is 0.176. The van der Waals surface area contributed by atoms with E-state index in [2.05, 4.69) is 10.3 Å². The third-order valence-corrected chi connectivity index (χ3v) is 4.13. The van der Waals surface area contributed by atoms with Crippen LogP contribution in [0.3, 0.4) is 0 Å². The minimum atomic E-state index is -0.329. The number of hydrogen-bond donors (Lipinski definition) is 2. The first kappa shape index (κ1) is 13.6. The van der Waals surface area contributed by atoms with E-state index in [0.29, 0.717) is 29.9 Å². The smallest absolute Gasteiger partial charge is 0.339 e. The van der Waals surface area contributed by atoms with Crippen molar-refractivity contribution in [3.8, 4) is 5.75 Å². The molecule has 0 unspecified atom stereocenters. The van der Waals surface area contributed by atoms with E-state index in [1.807, 2.05) is 12.1 Å². The average Bonchev–Trinajstić information content (AvgIpc) is 3.10. The lowest BCUT2D eigenvalue weighted by Crippen LogP contribution is -2.16. The second kappa shape index (κ2) is 5.01. The molecule has 4 rings (SSSR count). The summed E-state index contributed by atoms with van der Waals surface area (Å²) < 4.78 is 10.2. The molecule has 2 N–H and O–H groups in total. The van der Waals surface area contributed by atoms with Gasteiger partial charge in [-0.3, -0.25) is 4.79 Å². The number of cyclic esters (lactones) is 1. The zero-order valence-electron chi connectivity index (χ0n) is 12.4. The van der Waals surface area contributed by atoms with Crippen LogP contribution in [0.15, 0.2) is 24.4 Å². The van der Waals surface area contributed by atoms with Crippen LogP contribution in [0.25, 0.3) is 11.6 Å². The minimum absolute atomic E-state index is 0.171. The molecular weight excluding hydrogens is 296 g/mol. The second-order valence-electron chi connectivity index (χ2n) is 5.40. The fourth-order valence-electron chi connectivity index (χ4n) is 2.95. The molecule has 2 aliphatic heterocycles. The summed E-state index contributed by atoms with van der Waals surface area (Å²) >= 11 is 0. The van der Waals surface area contributed by atoms with Gasteiger partial charge in [-0.2, -0.15) is 0 Å². The maximum Gasteiger partial charge on any atom is 0.339 e. The van der Waals surface area contributed by atoms with Crippen LogP contribution in [0.4, 0.5) is 5.69 Å². The summed E-state index contributed by atoms with van der Waals surface area (Å²) in [5.41, 5.74) is 4.27. The summed E-state index contributed by atoms with van der Waals surface area (Å²) in [6.07, 6.45) is 4.04. The van der Waals surface area contributed by atoms with Gasteiger partial charge in [0.25, 0.3) is 5.91 Å². The van der Waals surface area contributed by atoms with Crippen molar-refractivity contribution in [3.05, 3.63) is 46.8 Å².